The number of carbonyl (C=O) groups excluding carboxylic acids is 6. The number of fused-ring (bicyclic) bond motifs is 7. The molecule has 16 N–H and O–H groups in total. The first kappa shape index (κ1) is 76.0. The molecule has 6 atom stereocenters. The minimum Gasteiger partial charge on any atom is -0.481 e. The molecule has 5 aliphatic rings. The fourth-order valence-electron chi connectivity index (χ4n) is 14.3. The zero-order valence-corrected chi connectivity index (χ0v) is 60.6. The standard InChI is InChI=1S/C64H82N14O17S3.CH3I/c1-7-76-45-23-20-39-41(27-35(2)28-48(39)96(87,88)94-67)55(45)63(3,4)50(76)16-10-8-11-17-51-64(5,6)56-42-30-37(75-98(91,92)93)31-49(97(89,90)95-68)40(42)21-24-46(56)77(51)26-13-9-12-18-52(79)70-33-36-29-38-19-22-47-60(85)73-43(15-14-25-69-62(65)66)58(83)71-34-53(80)72-44(32-54(81)82)59(84)74-57(36)61(86)78(38)47;1-2/h8,10-11,16-17,20-21,23-24,27-28,30-31,36,38,43-44,47,57,75H,7,9,12-15,18-19,22,25-26,29,32-34,67-68H2,1-6H3,(H10-,65,66,69,70,71,72,73,74,79,80,81,82,83,84,85,91,92,93);1H3/p+1/t36?,38-,43?,44-,47-,57+;/m0./s1/i;1D. The molecule has 6 amide bonds. The molecule has 4 aromatic rings. The van der Waals surface area contributed by atoms with Crippen LogP contribution in [0.3, 0.4) is 0 Å². The van der Waals surface area contributed by atoms with Crippen LogP contribution in [0.4, 0.5) is 17.1 Å². The van der Waals surface area contributed by atoms with Gasteiger partial charge in [0.2, 0.25) is 41.1 Å². The van der Waals surface area contributed by atoms with E-state index in [0.717, 1.165) is 34.1 Å². The number of halogens is 1. The van der Waals surface area contributed by atoms with Gasteiger partial charge < -0.3 is 53.0 Å². The van der Waals surface area contributed by atoms with E-state index in [1.807, 2.05) is 95.2 Å². The Hall–Kier alpha value is -8.17. The summed E-state index contributed by atoms with van der Waals surface area (Å²) < 4.78 is 106. The Morgan fingerprint density at radius 2 is 1.49 bits per heavy atom. The molecule has 5 heterocycles. The van der Waals surface area contributed by atoms with Crippen LogP contribution in [0.5, 0.6) is 0 Å². The molecule has 2 unspecified atom stereocenters. The maximum Gasteiger partial charge on any atom is 0.357 e. The molecular weight excluding hydrogens is 1470 g/mol. The number of hydrogen-bond donors (Lipinski definition) is 12. The number of anilines is 2. The van der Waals surface area contributed by atoms with Gasteiger partial charge in [-0.25, -0.2) is 0 Å². The Morgan fingerprint density at radius 3 is 2.14 bits per heavy atom. The number of carboxylic acids is 1. The van der Waals surface area contributed by atoms with Crippen LogP contribution in [0.15, 0.2) is 99.4 Å². The highest BCUT2D eigenvalue weighted by Crippen LogP contribution is 2.52. The van der Waals surface area contributed by atoms with E-state index in [2.05, 4.69) is 58.9 Å². The summed E-state index contributed by atoms with van der Waals surface area (Å²) in [6.07, 6.45) is 11.0. The number of nitrogens with one attached hydrogen (secondary N) is 6. The first-order valence-corrected chi connectivity index (χ1v) is 37.9. The van der Waals surface area contributed by atoms with E-state index in [4.69, 9.17) is 24.6 Å². The van der Waals surface area contributed by atoms with Gasteiger partial charge in [-0.05, 0) is 136 Å². The van der Waals surface area contributed by atoms with Gasteiger partial charge in [-0.15, -0.1) is 0 Å². The van der Waals surface area contributed by atoms with Crippen molar-refractivity contribution < 1.29 is 83.0 Å². The Labute approximate surface area is 595 Å². The number of guanidine groups is 1. The van der Waals surface area contributed by atoms with Crippen molar-refractivity contribution in [2.75, 3.05) is 47.3 Å². The minimum absolute atomic E-state index is 0.0228. The fourth-order valence-corrected chi connectivity index (χ4v) is 16.5. The van der Waals surface area contributed by atoms with Crippen molar-refractivity contribution in [1.29, 1.82) is 0 Å². The van der Waals surface area contributed by atoms with Crippen molar-refractivity contribution >= 4 is 145 Å². The fraction of sp³-hybridized carbons (Fsp3) is 0.462. The Kier molecular flexibility index (Phi) is 24.2. The number of benzene rings is 4. The summed E-state index contributed by atoms with van der Waals surface area (Å²) in [5.41, 5.74) is 14.4. The minimum atomic E-state index is -4.92. The number of aliphatic carboxylic acids is 1. The molecule has 0 spiro atoms. The highest BCUT2D eigenvalue weighted by Gasteiger charge is 2.52. The van der Waals surface area contributed by atoms with Gasteiger partial charge >= 0.3 is 36.5 Å². The number of amides is 6. The third-order valence-corrected chi connectivity index (χ3v) is 21.4. The second-order valence-electron chi connectivity index (χ2n) is 25.9. The van der Waals surface area contributed by atoms with Crippen molar-refractivity contribution in [2.24, 2.45) is 34.2 Å². The predicted molar refractivity (Wildman–Crippen MR) is 382 cm³/mol. The maximum absolute atomic E-state index is 14.7. The average Bonchev–Trinajstić information content (AvgIpc) is 1.61. The number of alkyl halides is 1. The van der Waals surface area contributed by atoms with E-state index >= 15 is 0 Å². The summed E-state index contributed by atoms with van der Waals surface area (Å²) in [7, 11) is -13.9. The molecule has 9 rings (SSSR count). The molecule has 0 aliphatic carbocycles. The molecule has 0 aromatic heterocycles. The Balaban J connectivity index is 0.00000424. The molecule has 31 nitrogen and oxygen atoms in total. The monoisotopic (exact) mass is 1560 g/mol. The van der Waals surface area contributed by atoms with E-state index in [1.165, 1.54) is 17.0 Å². The van der Waals surface area contributed by atoms with E-state index in [-0.39, 0.29) is 73.0 Å². The topological polar surface area (TPSA) is 479 Å². The summed E-state index contributed by atoms with van der Waals surface area (Å²) in [6.45, 7) is 12.0. The number of aliphatic imine (C=N–C) groups is 1. The lowest BCUT2D eigenvalue weighted by molar-refractivity contribution is -0.438. The number of unbranched alkanes of at least 4 members (excludes halogenated alkanes) is 2. The van der Waals surface area contributed by atoms with Crippen molar-refractivity contribution in [2.45, 2.75) is 157 Å². The number of carboxylic acid groups (broad SMARTS) is 1. The zero-order chi connectivity index (χ0) is 74.3. The number of piperidine rings is 1. The first-order valence-electron chi connectivity index (χ1n) is 32.8. The summed E-state index contributed by atoms with van der Waals surface area (Å²) in [5, 5.41) is 24.4. The SMILES string of the molecule is CCN1C(=CC=CC=CC2=[N+](CCCCCC(=O)NCC3C[C@@H]4CC[C@H]5C(=O)NC(CCCN=C(N)N)C(=O)NCC(=O)N[C@@H](CC(=O)O)C(=O)N[C@H]3C(=O)N45)c3ccc4c(S(=O)(=O)ON)cc(NS(=O)(=O)O)cc4c3C2(C)C)C(C)(C)c2c1ccc1c(S(=O)(=O)ON)cc(C)cc21.[2H]CI. The Morgan fingerprint density at radius 1 is 0.820 bits per heavy atom. The molecule has 2 bridgehead atoms. The molecule has 3 fully saturated rings. The van der Waals surface area contributed by atoms with Crippen LogP contribution >= 0.6 is 22.6 Å². The summed E-state index contributed by atoms with van der Waals surface area (Å²) in [5.74, 6) is 3.70. The smallest absolute Gasteiger partial charge is 0.357 e. The van der Waals surface area contributed by atoms with Crippen LogP contribution in [0.25, 0.3) is 21.5 Å². The van der Waals surface area contributed by atoms with Gasteiger partial charge in [0, 0.05) is 91.1 Å². The maximum atomic E-state index is 14.7. The lowest BCUT2D eigenvalue weighted by Crippen LogP contribution is -2.65. The van der Waals surface area contributed by atoms with Crippen LogP contribution in [-0.2, 0) is 83.5 Å². The normalized spacial score (nSPS) is 22.1. The molecule has 4 aromatic carbocycles. The van der Waals surface area contributed by atoms with Crippen LogP contribution in [0, 0.1) is 12.8 Å². The number of hydrogen-bond acceptors (Lipinski definition) is 19. The zero-order valence-electron chi connectivity index (χ0n) is 57.0. The lowest BCUT2D eigenvalue weighted by atomic mass is 9.79. The van der Waals surface area contributed by atoms with Gasteiger partial charge in [-0.2, -0.15) is 50.2 Å². The van der Waals surface area contributed by atoms with Gasteiger partial charge in [0.15, 0.2) is 11.7 Å². The number of nitrogens with two attached hydrogens (primary N) is 4. The summed E-state index contributed by atoms with van der Waals surface area (Å²) in [6, 6.07) is 6.88. The van der Waals surface area contributed by atoms with Crippen LogP contribution in [0.2, 0.25) is 0 Å². The van der Waals surface area contributed by atoms with E-state index < -0.39 is 131 Å². The number of likely N-dealkylation sites (N-methyl/N-ethyl adjacent to an activating group) is 1. The summed E-state index contributed by atoms with van der Waals surface area (Å²) in [4.78, 5) is 102. The van der Waals surface area contributed by atoms with Crippen LogP contribution in [0.1, 0.15) is 117 Å². The average molecular weight is 1560 g/mol. The summed E-state index contributed by atoms with van der Waals surface area (Å²) >= 11 is 1.96. The van der Waals surface area contributed by atoms with Gasteiger partial charge in [-0.1, -0.05) is 66.8 Å². The van der Waals surface area contributed by atoms with Gasteiger partial charge in [0.05, 0.1) is 24.1 Å². The number of allylic oxidation sites excluding steroid dienone is 6. The number of nitrogens with zero attached hydrogens (tertiary/aromatic N) is 4. The number of carbonyl (C=O) groups is 7. The highest BCUT2D eigenvalue weighted by atomic mass is 127. The van der Waals surface area contributed by atoms with Gasteiger partial charge in [0.25, 0.3) is 0 Å². The second-order valence-corrected chi connectivity index (χ2v) is 30.1. The number of rotatable bonds is 24. The third-order valence-electron chi connectivity index (χ3n) is 18.6. The molecular formula is C65H86IN14O17S3+. The highest BCUT2D eigenvalue weighted by molar-refractivity contribution is 14.1. The number of aryl methyl sites for hydroxylation is 1. The molecule has 542 valence electrons. The quantitative estimate of drug-likeness (QED) is 0.00552. The second kappa shape index (κ2) is 31.8. The van der Waals surface area contributed by atoms with Crippen molar-refractivity contribution in [3.8, 4) is 0 Å². The predicted octanol–water partition coefficient (Wildman–Crippen LogP) is 3.08. The van der Waals surface area contributed by atoms with Crippen LogP contribution < -0.4 is 59.5 Å². The largest absolute Gasteiger partial charge is 0.481 e. The van der Waals surface area contributed by atoms with Crippen LogP contribution in [-0.4, -0.2) is 165 Å². The van der Waals surface area contributed by atoms with E-state index in [9.17, 15) is 68.5 Å². The van der Waals surface area contributed by atoms with Gasteiger partial charge in [-0.3, -0.25) is 47.8 Å². The molecule has 100 heavy (non-hydrogen) atoms. The molecule has 5 aliphatic heterocycles. The molecule has 3 saturated heterocycles. The van der Waals surface area contributed by atoms with Crippen molar-refractivity contribution in [1.82, 2.24) is 31.5 Å². The lowest BCUT2D eigenvalue weighted by Gasteiger charge is -2.42. The molecule has 35 heteroatoms. The van der Waals surface area contributed by atoms with Crippen molar-refractivity contribution in [3.05, 3.63) is 101 Å². The van der Waals surface area contributed by atoms with Crippen molar-refractivity contribution in [3.63, 3.8) is 0 Å². The third kappa shape index (κ3) is 16.9. The molecule has 0 saturated carbocycles. The van der Waals surface area contributed by atoms with E-state index in [0.29, 0.717) is 71.3 Å². The first-order chi connectivity index (χ1) is 47.5. The molecule has 0 radical (unpaired) electrons. The van der Waals surface area contributed by atoms with Gasteiger partial charge in [0.1, 0.15) is 40.5 Å². The Bertz CT molecular complexity index is 4470. The van der Waals surface area contributed by atoms with E-state index in [1.54, 1.807) is 25.1 Å².